The molecule has 0 aromatic heterocycles. The van der Waals surface area contributed by atoms with Gasteiger partial charge in [0.2, 0.25) is 0 Å². The highest BCUT2D eigenvalue weighted by Gasteiger charge is 2.39. The predicted octanol–water partition coefficient (Wildman–Crippen LogP) is 3.92. The Bertz CT molecular complexity index is 370. The summed E-state index contributed by atoms with van der Waals surface area (Å²) in [5, 5.41) is 0. The fourth-order valence-electron chi connectivity index (χ4n) is 3.31. The van der Waals surface area contributed by atoms with Crippen LogP contribution in [0.4, 0.5) is 0 Å². The van der Waals surface area contributed by atoms with E-state index in [2.05, 4.69) is 13.8 Å². The van der Waals surface area contributed by atoms with Gasteiger partial charge in [-0.1, -0.05) is 45.1 Å². The van der Waals surface area contributed by atoms with E-state index in [0.29, 0.717) is 18.9 Å². The first-order chi connectivity index (χ1) is 9.54. The SMILES string of the molecule is CCCCC(CC)C1CC(=O)C=C(C)C1C(=O)OCC. The van der Waals surface area contributed by atoms with Crippen molar-refractivity contribution in [2.75, 3.05) is 6.61 Å². The van der Waals surface area contributed by atoms with E-state index in [-0.39, 0.29) is 23.6 Å². The molecular weight excluding hydrogens is 252 g/mol. The Morgan fingerprint density at radius 3 is 2.65 bits per heavy atom. The third-order valence-electron chi connectivity index (χ3n) is 4.34. The summed E-state index contributed by atoms with van der Waals surface area (Å²) in [5.74, 6) is 0.311. The minimum atomic E-state index is -0.227. The third-order valence-corrected chi connectivity index (χ3v) is 4.34. The molecule has 0 N–H and O–H groups in total. The molecule has 1 aliphatic rings. The van der Waals surface area contributed by atoms with Crippen LogP contribution in [0.25, 0.3) is 0 Å². The van der Waals surface area contributed by atoms with Crippen molar-refractivity contribution in [2.24, 2.45) is 17.8 Å². The second kappa shape index (κ2) is 8.23. The molecule has 0 heterocycles. The quantitative estimate of drug-likeness (QED) is 0.664. The Morgan fingerprint density at radius 1 is 1.40 bits per heavy atom. The minimum Gasteiger partial charge on any atom is -0.466 e. The number of rotatable bonds is 7. The summed E-state index contributed by atoms with van der Waals surface area (Å²) >= 11 is 0. The maximum atomic E-state index is 12.2. The Labute approximate surface area is 122 Å². The lowest BCUT2D eigenvalue weighted by Crippen LogP contribution is -2.36. The molecule has 0 amide bonds. The molecule has 3 unspecified atom stereocenters. The lowest BCUT2D eigenvalue weighted by Gasteiger charge is -2.34. The lowest BCUT2D eigenvalue weighted by atomic mass is 9.69. The highest BCUT2D eigenvalue weighted by Crippen LogP contribution is 2.38. The van der Waals surface area contributed by atoms with Crippen LogP contribution in [-0.4, -0.2) is 18.4 Å². The van der Waals surface area contributed by atoms with Gasteiger partial charge in [0, 0.05) is 6.42 Å². The zero-order chi connectivity index (χ0) is 15.1. The van der Waals surface area contributed by atoms with E-state index in [0.717, 1.165) is 31.3 Å². The molecule has 0 bridgehead atoms. The number of unbranched alkanes of at least 4 members (excludes halogenated alkanes) is 1. The standard InChI is InChI=1S/C17H28O3/c1-5-8-9-13(6-2)15-11-14(18)10-12(4)16(15)17(19)20-7-3/h10,13,15-16H,5-9,11H2,1-4H3. The largest absolute Gasteiger partial charge is 0.466 e. The molecule has 0 spiro atoms. The number of ether oxygens (including phenoxy) is 1. The normalized spacial score (nSPS) is 24.2. The summed E-state index contributed by atoms with van der Waals surface area (Å²) in [6.07, 6.45) is 6.53. The van der Waals surface area contributed by atoms with Crippen LogP contribution in [0.15, 0.2) is 11.6 Å². The number of esters is 1. The highest BCUT2D eigenvalue weighted by molar-refractivity contribution is 5.94. The first-order valence-corrected chi connectivity index (χ1v) is 7.92. The Balaban J connectivity index is 2.95. The van der Waals surface area contributed by atoms with Crippen LogP contribution in [0.2, 0.25) is 0 Å². The number of ketones is 1. The number of carbonyl (C=O) groups is 2. The Morgan fingerprint density at radius 2 is 2.10 bits per heavy atom. The van der Waals surface area contributed by atoms with Crippen molar-refractivity contribution in [3.63, 3.8) is 0 Å². The Kier molecular flexibility index (Phi) is 6.97. The first-order valence-electron chi connectivity index (χ1n) is 7.92. The second-order valence-electron chi connectivity index (χ2n) is 5.76. The van der Waals surface area contributed by atoms with Gasteiger partial charge >= 0.3 is 5.97 Å². The van der Waals surface area contributed by atoms with E-state index < -0.39 is 0 Å². The van der Waals surface area contributed by atoms with Crippen molar-refractivity contribution in [2.45, 2.75) is 59.8 Å². The van der Waals surface area contributed by atoms with Gasteiger partial charge in [0.1, 0.15) is 0 Å². The highest BCUT2D eigenvalue weighted by atomic mass is 16.5. The molecule has 0 aliphatic heterocycles. The zero-order valence-electron chi connectivity index (χ0n) is 13.3. The van der Waals surface area contributed by atoms with Crippen molar-refractivity contribution in [1.82, 2.24) is 0 Å². The fraction of sp³-hybridized carbons (Fsp3) is 0.765. The summed E-state index contributed by atoms with van der Waals surface area (Å²) in [6, 6.07) is 0. The maximum absolute atomic E-state index is 12.2. The van der Waals surface area contributed by atoms with Crippen molar-refractivity contribution >= 4 is 11.8 Å². The van der Waals surface area contributed by atoms with Crippen molar-refractivity contribution in [3.05, 3.63) is 11.6 Å². The van der Waals surface area contributed by atoms with Crippen LogP contribution < -0.4 is 0 Å². The molecular formula is C17H28O3. The van der Waals surface area contributed by atoms with Gasteiger partial charge in [-0.25, -0.2) is 0 Å². The molecule has 0 radical (unpaired) electrons. The summed E-state index contributed by atoms with van der Waals surface area (Å²) in [7, 11) is 0. The van der Waals surface area contributed by atoms with Gasteiger partial charge in [0.15, 0.2) is 5.78 Å². The first kappa shape index (κ1) is 16.9. The second-order valence-corrected chi connectivity index (χ2v) is 5.76. The molecule has 0 aromatic rings. The molecule has 0 fully saturated rings. The monoisotopic (exact) mass is 280 g/mol. The topological polar surface area (TPSA) is 43.4 Å². The van der Waals surface area contributed by atoms with Crippen LogP contribution in [0.5, 0.6) is 0 Å². The molecule has 3 atom stereocenters. The van der Waals surface area contributed by atoms with Crippen LogP contribution in [0.3, 0.4) is 0 Å². The molecule has 0 saturated heterocycles. The maximum Gasteiger partial charge on any atom is 0.313 e. The van der Waals surface area contributed by atoms with Crippen molar-refractivity contribution in [3.8, 4) is 0 Å². The Hall–Kier alpha value is -1.12. The van der Waals surface area contributed by atoms with E-state index in [1.165, 1.54) is 0 Å². The lowest BCUT2D eigenvalue weighted by molar-refractivity contribution is -0.149. The molecule has 0 aromatic carbocycles. The summed E-state index contributed by atoms with van der Waals surface area (Å²) in [6.45, 7) is 8.44. The number of hydrogen-bond donors (Lipinski definition) is 0. The number of hydrogen-bond acceptors (Lipinski definition) is 3. The van der Waals surface area contributed by atoms with Crippen LogP contribution in [0.1, 0.15) is 59.8 Å². The van der Waals surface area contributed by atoms with Crippen molar-refractivity contribution < 1.29 is 14.3 Å². The molecule has 1 aliphatic carbocycles. The minimum absolute atomic E-state index is 0.114. The average Bonchev–Trinajstić information content (AvgIpc) is 2.39. The molecule has 0 saturated carbocycles. The smallest absolute Gasteiger partial charge is 0.313 e. The fourth-order valence-corrected chi connectivity index (χ4v) is 3.31. The van der Waals surface area contributed by atoms with Gasteiger partial charge in [-0.2, -0.15) is 0 Å². The molecule has 1 rings (SSSR count). The molecule has 114 valence electrons. The van der Waals surface area contributed by atoms with Gasteiger partial charge in [-0.05, 0) is 31.8 Å². The predicted molar refractivity (Wildman–Crippen MR) is 80.3 cm³/mol. The van der Waals surface area contributed by atoms with E-state index in [1.54, 1.807) is 6.08 Å². The molecule has 20 heavy (non-hydrogen) atoms. The van der Waals surface area contributed by atoms with Crippen LogP contribution in [0, 0.1) is 17.8 Å². The van der Waals surface area contributed by atoms with E-state index in [1.807, 2.05) is 13.8 Å². The summed E-state index contributed by atoms with van der Waals surface area (Å²) in [5.41, 5.74) is 0.875. The van der Waals surface area contributed by atoms with Gasteiger partial charge < -0.3 is 4.74 Å². The number of allylic oxidation sites excluding steroid dienone is 1. The van der Waals surface area contributed by atoms with Gasteiger partial charge in [-0.15, -0.1) is 0 Å². The zero-order valence-corrected chi connectivity index (χ0v) is 13.3. The van der Waals surface area contributed by atoms with Crippen LogP contribution in [-0.2, 0) is 14.3 Å². The third kappa shape index (κ3) is 4.19. The van der Waals surface area contributed by atoms with E-state index in [4.69, 9.17) is 4.74 Å². The van der Waals surface area contributed by atoms with Gasteiger partial charge in [-0.3, -0.25) is 9.59 Å². The van der Waals surface area contributed by atoms with E-state index in [9.17, 15) is 9.59 Å². The van der Waals surface area contributed by atoms with Crippen molar-refractivity contribution in [1.29, 1.82) is 0 Å². The molecule has 3 nitrogen and oxygen atoms in total. The van der Waals surface area contributed by atoms with Gasteiger partial charge in [0.25, 0.3) is 0 Å². The number of carbonyl (C=O) groups excluding carboxylic acids is 2. The van der Waals surface area contributed by atoms with Gasteiger partial charge in [0.05, 0.1) is 12.5 Å². The van der Waals surface area contributed by atoms with Crippen LogP contribution >= 0.6 is 0 Å². The average molecular weight is 280 g/mol. The molecule has 3 heteroatoms. The summed E-state index contributed by atoms with van der Waals surface area (Å²) < 4.78 is 5.23. The summed E-state index contributed by atoms with van der Waals surface area (Å²) in [4.78, 5) is 24.1. The van der Waals surface area contributed by atoms with E-state index >= 15 is 0 Å².